The monoisotopic (exact) mass is 424 g/mol. The molecule has 0 aliphatic carbocycles. The molecular formula is C19H24N2O7S. The number of hydrogen-bond donors (Lipinski definition) is 4. The summed E-state index contributed by atoms with van der Waals surface area (Å²) in [6.45, 7) is -0.158. The number of sulfonamides is 1. The average molecular weight is 424 g/mol. The van der Waals surface area contributed by atoms with Gasteiger partial charge in [-0.2, -0.15) is 0 Å². The fourth-order valence-corrected chi connectivity index (χ4v) is 3.89. The summed E-state index contributed by atoms with van der Waals surface area (Å²) in [4.78, 5) is 11.0. The van der Waals surface area contributed by atoms with Crippen molar-refractivity contribution in [3.05, 3.63) is 47.5 Å². The number of carbonyl (C=O) groups is 1. The van der Waals surface area contributed by atoms with Crippen LogP contribution in [-0.2, 0) is 16.4 Å². The third-order valence-electron chi connectivity index (χ3n) is 4.10. The lowest BCUT2D eigenvalue weighted by Gasteiger charge is -2.14. The van der Waals surface area contributed by atoms with Gasteiger partial charge in [0, 0.05) is 13.1 Å². The summed E-state index contributed by atoms with van der Waals surface area (Å²) in [5, 5.41) is 21.1. The highest BCUT2D eigenvalue weighted by atomic mass is 32.2. The van der Waals surface area contributed by atoms with Crippen LogP contribution in [0.4, 0.5) is 5.69 Å². The molecule has 0 spiro atoms. The molecule has 2 rings (SSSR count). The Kier molecular flexibility index (Phi) is 7.82. The topological polar surface area (TPSA) is 134 Å². The largest absolute Gasteiger partial charge is 0.493 e. The zero-order chi connectivity index (χ0) is 21.4. The maximum atomic E-state index is 12.5. The number of carboxylic acids is 1. The van der Waals surface area contributed by atoms with E-state index in [0.717, 1.165) is 11.6 Å². The Morgan fingerprint density at radius 3 is 2.38 bits per heavy atom. The van der Waals surface area contributed by atoms with Crippen molar-refractivity contribution in [2.45, 2.75) is 11.3 Å². The van der Waals surface area contributed by atoms with Crippen LogP contribution in [0.15, 0.2) is 41.3 Å². The SMILES string of the molecule is COc1ccc(CCNc2ccc(C(=O)O)cc2S(=O)(=O)NCCO)cc1OC. The maximum absolute atomic E-state index is 12.5. The first-order valence-electron chi connectivity index (χ1n) is 8.75. The molecule has 0 atom stereocenters. The maximum Gasteiger partial charge on any atom is 0.335 e. The molecule has 0 aliphatic rings. The first-order valence-corrected chi connectivity index (χ1v) is 10.2. The third-order valence-corrected chi connectivity index (χ3v) is 5.60. The number of anilines is 1. The number of hydrogen-bond acceptors (Lipinski definition) is 7. The van der Waals surface area contributed by atoms with Crippen molar-refractivity contribution in [1.29, 1.82) is 0 Å². The highest BCUT2D eigenvalue weighted by molar-refractivity contribution is 7.89. The summed E-state index contributed by atoms with van der Waals surface area (Å²) in [5.41, 5.74) is 1.06. The van der Waals surface area contributed by atoms with Gasteiger partial charge in [0.25, 0.3) is 0 Å². The molecular weight excluding hydrogens is 400 g/mol. The number of rotatable bonds is 11. The minimum atomic E-state index is -4.00. The van der Waals surface area contributed by atoms with E-state index in [-0.39, 0.29) is 29.3 Å². The molecule has 0 aromatic heterocycles. The van der Waals surface area contributed by atoms with Crippen molar-refractivity contribution in [2.75, 3.05) is 39.2 Å². The van der Waals surface area contributed by atoms with Gasteiger partial charge >= 0.3 is 5.97 Å². The first kappa shape index (κ1) is 22.5. The lowest BCUT2D eigenvalue weighted by Crippen LogP contribution is -2.27. The third kappa shape index (κ3) is 5.83. The van der Waals surface area contributed by atoms with Crippen molar-refractivity contribution in [2.24, 2.45) is 0 Å². The molecule has 0 fully saturated rings. The Bertz CT molecular complexity index is 961. The van der Waals surface area contributed by atoms with Crippen LogP contribution in [0.3, 0.4) is 0 Å². The molecule has 0 heterocycles. The van der Waals surface area contributed by atoms with Gasteiger partial charge in [-0.15, -0.1) is 0 Å². The van der Waals surface area contributed by atoms with Gasteiger partial charge in [0.2, 0.25) is 10.0 Å². The molecule has 4 N–H and O–H groups in total. The van der Waals surface area contributed by atoms with Crippen molar-refractivity contribution < 1.29 is 32.9 Å². The zero-order valence-corrected chi connectivity index (χ0v) is 17.0. The molecule has 158 valence electrons. The molecule has 0 unspecified atom stereocenters. The summed E-state index contributed by atoms with van der Waals surface area (Å²) in [6.07, 6.45) is 0.560. The molecule has 0 aliphatic heterocycles. The van der Waals surface area contributed by atoms with E-state index in [2.05, 4.69) is 10.0 Å². The van der Waals surface area contributed by atoms with Crippen LogP contribution in [-0.4, -0.2) is 58.5 Å². The molecule has 2 aromatic rings. The van der Waals surface area contributed by atoms with Gasteiger partial charge in [-0.1, -0.05) is 6.07 Å². The Morgan fingerprint density at radius 2 is 1.76 bits per heavy atom. The zero-order valence-electron chi connectivity index (χ0n) is 16.1. The van der Waals surface area contributed by atoms with Crippen LogP contribution < -0.4 is 19.5 Å². The van der Waals surface area contributed by atoms with Crippen molar-refractivity contribution in [1.82, 2.24) is 4.72 Å². The summed E-state index contributed by atoms with van der Waals surface area (Å²) in [7, 11) is -0.906. The van der Waals surface area contributed by atoms with Gasteiger partial charge in [-0.3, -0.25) is 0 Å². The lowest BCUT2D eigenvalue weighted by molar-refractivity contribution is 0.0696. The predicted molar refractivity (Wildman–Crippen MR) is 107 cm³/mol. The van der Waals surface area contributed by atoms with Gasteiger partial charge < -0.3 is 25.0 Å². The normalized spacial score (nSPS) is 11.1. The average Bonchev–Trinajstić information content (AvgIpc) is 2.72. The minimum absolute atomic E-state index is 0.153. The number of benzene rings is 2. The van der Waals surface area contributed by atoms with Crippen LogP contribution in [0.25, 0.3) is 0 Å². The predicted octanol–water partition coefficient (Wildman–Crippen LogP) is 1.33. The van der Waals surface area contributed by atoms with E-state index in [1.54, 1.807) is 20.3 Å². The Labute approximate surface area is 169 Å². The summed E-state index contributed by atoms with van der Waals surface area (Å²) >= 11 is 0. The van der Waals surface area contributed by atoms with Crippen LogP contribution in [0.5, 0.6) is 11.5 Å². The Morgan fingerprint density at radius 1 is 1.03 bits per heavy atom. The minimum Gasteiger partial charge on any atom is -0.493 e. The second kappa shape index (κ2) is 10.1. The molecule has 0 bridgehead atoms. The lowest BCUT2D eigenvalue weighted by atomic mass is 10.1. The van der Waals surface area contributed by atoms with Gasteiger partial charge in [-0.25, -0.2) is 17.9 Å². The van der Waals surface area contributed by atoms with Gasteiger partial charge in [-0.05, 0) is 42.3 Å². The number of aliphatic hydroxyl groups is 1. The molecule has 2 aromatic carbocycles. The molecule has 0 radical (unpaired) electrons. The highest BCUT2D eigenvalue weighted by Gasteiger charge is 2.20. The fraction of sp³-hybridized carbons (Fsp3) is 0.316. The van der Waals surface area contributed by atoms with Crippen molar-refractivity contribution in [3.8, 4) is 11.5 Å². The van der Waals surface area contributed by atoms with E-state index < -0.39 is 16.0 Å². The molecule has 9 nitrogen and oxygen atoms in total. The standard InChI is InChI=1S/C19H24N2O7S/c1-27-16-6-3-13(11-17(16)28-2)7-8-20-15-5-4-14(19(23)24)12-18(15)29(25,26)21-9-10-22/h3-6,11-12,20-22H,7-10H2,1-2H3,(H,23,24). The molecule has 0 saturated heterocycles. The first-order chi connectivity index (χ1) is 13.8. The van der Waals surface area contributed by atoms with Crippen LogP contribution in [0.2, 0.25) is 0 Å². The molecule has 0 amide bonds. The van der Waals surface area contributed by atoms with E-state index in [1.807, 2.05) is 12.1 Å². The Hall–Kier alpha value is -2.82. The van der Waals surface area contributed by atoms with Crippen LogP contribution in [0, 0.1) is 0 Å². The number of methoxy groups -OCH3 is 2. The van der Waals surface area contributed by atoms with E-state index >= 15 is 0 Å². The van der Waals surface area contributed by atoms with Gasteiger partial charge in [0.15, 0.2) is 11.5 Å². The fourth-order valence-electron chi connectivity index (χ4n) is 2.66. The Balaban J connectivity index is 2.21. The second-order valence-corrected chi connectivity index (χ2v) is 7.74. The number of carboxylic acid groups (broad SMARTS) is 1. The van der Waals surface area contributed by atoms with E-state index in [0.29, 0.717) is 24.5 Å². The van der Waals surface area contributed by atoms with E-state index in [4.69, 9.17) is 19.7 Å². The molecule has 0 saturated carbocycles. The second-order valence-electron chi connectivity index (χ2n) is 6.00. The van der Waals surface area contributed by atoms with Crippen LogP contribution in [0.1, 0.15) is 15.9 Å². The highest BCUT2D eigenvalue weighted by Crippen LogP contribution is 2.28. The summed E-state index contributed by atoms with van der Waals surface area (Å²) < 4.78 is 37.7. The smallest absolute Gasteiger partial charge is 0.335 e. The summed E-state index contributed by atoms with van der Waals surface area (Å²) in [5.74, 6) is -0.0374. The van der Waals surface area contributed by atoms with Gasteiger partial charge in [0.05, 0.1) is 32.1 Å². The van der Waals surface area contributed by atoms with E-state index in [9.17, 15) is 13.2 Å². The van der Waals surface area contributed by atoms with Crippen molar-refractivity contribution in [3.63, 3.8) is 0 Å². The van der Waals surface area contributed by atoms with E-state index in [1.165, 1.54) is 12.1 Å². The van der Waals surface area contributed by atoms with Gasteiger partial charge in [0.1, 0.15) is 4.90 Å². The molecule has 29 heavy (non-hydrogen) atoms. The van der Waals surface area contributed by atoms with Crippen molar-refractivity contribution >= 4 is 21.7 Å². The van der Waals surface area contributed by atoms with Crippen LogP contribution >= 0.6 is 0 Å². The summed E-state index contributed by atoms with van der Waals surface area (Å²) in [6, 6.07) is 9.30. The number of ether oxygens (including phenoxy) is 2. The number of aromatic carboxylic acids is 1. The number of aliphatic hydroxyl groups excluding tert-OH is 1. The molecule has 10 heteroatoms. The quantitative estimate of drug-likeness (QED) is 0.424. The number of nitrogens with one attached hydrogen (secondary N) is 2.